The summed E-state index contributed by atoms with van der Waals surface area (Å²) >= 11 is 1.89. The number of rotatable bonds is 10. The van der Waals surface area contributed by atoms with Gasteiger partial charge in [0, 0.05) is 109 Å². The topological polar surface area (TPSA) is 21.3 Å². The quantitative estimate of drug-likeness (QED) is 0.127. The molecule has 17 aromatic carbocycles. The van der Waals surface area contributed by atoms with Gasteiger partial charge in [0.1, 0.15) is 0 Å². The fourth-order valence-electron chi connectivity index (χ4n) is 19.1. The van der Waals surface area contributed by atoms with E-state index in [1.54, 1.807) is 0 Å². The molecule has 21 aromatic rings. The summed E-state index contributed by atoms with van der Waals surface area (Å²) in [5.74, 6) is 0. The molecule has 2 aliphatic rings. The number of fused-ring (bicyclic) bond motifs is 16. The lowest BCUT2D eigenvalue weighted by atomic mass is 9.33. The van der Waals surface area contributed by atoms with E-state index in [-0.39, 0.29) is 12.1 Å². The molecule has 0 aliphatic carbocycles. The van der Waals surface area contributed by atoms with Crippen molar-refractivity contribution in [3.05, 3.63) is 388 Å². The number of benzene rings is 17. The Hall–Kier alpha value is -14.0. The van der Waals surface area contributed by atoms with Gasteiger partial charge in [-0.3, -0.25) is 0 Å². The van der Waals surface area contributed by atoms with Crippen LogP contribution in [-0.2, 0) is 5.41 Å². The first-order valence-corrected chi connectivity index (χ1v) is 40.1. The molecule has 0 radical (unpaired) electrons. The SMILES string of the molecule is CC(C)(C)c1cc(-c2ccccc2)cc(N2c3cc(-n4c5ccccc5c5ccccc54)ccc3B3c4ccc(-n5c6ccccc6c6ccccc65)cc4N(c4ccc(-c5ccccc5)cc4-c4ccccc4)c4cc(-c5c(-c6cccc7c6sc6ccccc67)cccc5-n5c6ccccc6c6ccccc65)cc2c43)c1. The number of para-hydroxylation sites is 6. The van der Waals surface area contributed by atoms with E-state index in [9.17, 15) is 0 Å². The Balaban J connectivity index is 0.914. The van der Waals surface area contributed by atoms with Crippen LogP contribution in [0.3, 0.4) is 0 Å². The van der Waals surface area contributed by atoms with Gasteiger partial charge in [-0.15, -0.1) is 11.3 Å². The molecule has 0 fully saturated rings. The van der Waals surface area contributed by atoms with Crippen LogP contribution < -0.4 is 26.2 Å². The lowest BCUT2D eigenvalue weighted by Crippen LogP contribution is -2.61. The largest absolute Gasteiger partial charge is 0.311 e. The number of hydrogen-bond donors (Lipinski definition) is 0. The smallest absolute Gasteiger partial charge is 0.252 e. The van der Waals surface area contributed by atoms with Gasteiger partial charge in [0.05, 0.1) is 44.5 Å². The van der Waals surface area contributed by atoms with Crippen LogP contribution in [0.4, 0.5) is 34.1 Å². The van der Waals surface area contributed by atoms with E-state index in [2.05, 4.69) is 426 Å². The summed E-state index contributed by atoms with van der Waals surface area (Å²) in [7, 11) is 0. The third kappa shape index (κ3) is 10.0. The normalized spacial score (nSPS) is 12.7. The molecule has 7 heteroatoms. The Morgan fingerprint density at radius 3 is 1.23 bits per heavy atom. The average molecular weight is 1460 g/mol. The maximum atomic E-state index is 2.69. The van der Waals surface area contributed by atoms with Gasteiger partial charge < -0.3 is 23.5 Å². The van der Waals surface area contributed by atoms with E-state index in [1.165, 1.54) is 80.0 Å². The summed E-state index contributed by atoms with van der Waals surface area (Å²) in [5, 5.41) is 9.81. The van der Waals surface area contributed by atoms with Gasteiger partial charge in [-0.25, -0.2) is 0 Å². The molecular weight excluding hydrogens is 1390 g/mol. The number of hydrogen-bond acceptors (Lipinski definition) is 3. The van der Waals surface area contributed by atoms with Gasteiger partial charge in [-0.05, 0) is 176 Å². The maximum absolute atomic E-state index is 2.69. The van der Waals surface area contributed by atoms with Crippen LogP contribution in [0.1, 0.15) is 26.3 Å². The van der Waals surface area contributed by atoms with E-state index in [0.717, 1.165) is 134 Å². The molecule has 0 unspecified atom stereocenters. The highest BCUT2D eigenvalue weighted by Crippen LogP contribution is 2.54. The Kier molecular flexibility index (Phi) is 14.5. The van der Waals surface area contributed by atoms with E-state index < -0.39 is 0 Å². The summed E-state index contributed by atoms with van der Waals surface area (Å²) in [6, 6.07) is 145. The highest BCUT2D eigenvalue weighted by molar-refractivity contribution is 7.26. The second kappa shape index (κ2) is 25.3. The molecule has 2 aliphatic heterocycles. The van der Waals surface area contributed by atoms with E-state index in [0.29, 0.717) is 0 Å². The van der Waals surface area contributed by atoms with Gasteiger partial charge in [0.2, 0.25) is 0 Å². The van der Waals surface area contributed by atoms with Crippen LogP contribution in [0, 0.1) is 0 Å². The number of thiophene rings is 1. The molecule has 0 atom stereocenters. The Morgan fingerprint density at radius 2 is 0.690 bits per heavy atom. The van der Waals surface area contributed by atoms with Crippen molar-refractivity contribution in [3.63, 3.8) is 0 Å². The van der Waals surface area contributed by atoms with Crippen LogP contribution in [0.25, 0.3) is 158 Å². The molecule has 0 saturated heterocycles. The van der Waals surface area contributed by atoms with Crippen molar-refractivity contribution in [2.75, 3.05) is 9.80 Å². The highest BCUT2D eigenvalue weighted by Gasteiger charge is 2.45. The molecule has 0 bridgehead atoms. The first-order valence-electron chi connectivity index (χ1n) is 39.2. The molecule has 0 N–H and O–H groups in total. The third-order valence-electron chi connectivity index (χ3n) is 24.1. The van der Waals surface area contributed by atoms with Crippen LogP contribution in [0.2, 0.25) is 0 Å². The van der Waals surface area contributed by atoms with Crippen LogP contribution in [0.15, 0.2) is 382 Å². The Morgan fingerprint density at radius 1 is 0.248 bits per heavy atom. The summed E-state index contributed by atoms with van der Waals surface area (Å²) in [6.45, 7) is 6.81. The van der Waals surface area contributed by atoms with E-state index >= 15 is 0 Å². The van der Waals surface area contributed by atoms with Crippen LogP contribution in [-0.4, -0.2) is 20.4 Å². The standard InChI is InChI=1S/C106H72BN5S/c1-106(2,3)73-59-71(68-31-9-5-10-32-68)60-76(64-73)110-98-65-74(108-90-45-20-13-35-77(90)78-36-14-21-46-91(78)108)54-56-88(98)107-89-57-55-75(109-92-47-22-15-37-79(92)80-38-16-23-48-93(80)109)66-99(89)112(96-58-53-70(67-29-7-4-8-30-67)61-87(96)69-33-11-6-12-34-69)101-63-72(62-100(110)104(101)107)103-84(86-44-27-43-85-83-41-19-26-52-102(83)113-105(85)86)42-28-51-97(103)111-94-49-24-17-39-81(94)82-40-18-25-50-95(82)111/h4-66H,1-3H3. The lowest BCUT2D eigenvalue weighted by molar-refractivity contribution is 0.590. The zero-order valence-corrected chi connectivity index (χ0v) is 63.4. The molecule has 4 aromatic heterocycles. The first kappa shape index (κ1) is 65.0. The van der Waals surface area contributed by atoms with Crippen molar-refractivity contribution < 1.29 is 0 Å². The predicted molar refractivity (Wildman–Crippen MR) is 482 cm³/mol. The fraction of sp³-hybridized carbons (Fsp3) is 0.0377. The fourth-order valence-corrected chi connectivity index (χ4v) is 20.3. The molecule has 6 heterocycles. The Bertz CT molecular complexity index is 7340. The number of aromatic nitrogens is 3. The minimum absolute atomic E-state index is 0.250. The molecule has 23 rings (SSSR count). The zero-order valence-electron chi connectivity index (χ0n) is 62.6. The minimum atomic E-state index is -0.284. The first-order chi connectivity index (χ1) is 55.7. The molecule has 530 valence electrons. The number of nitrogens with zero attached hydrogens (tertiary/aromatic N) is 5. The molecular formula is C106H72BN5S. The second-order valence-corrected chi connectivity index (χ2v) is 32.5. The second-order valence-electron chi connectivity index (χ2n) is 31.5. The van der Waals surface area contributed by atoms with Crippen molar-refractivity contribution in [1.82, 2.24) is 13.7 Å². The molecule has 0 spiro atoms. The van der Waals surface area contributed by atoms with Crippen LogP contribution in [0.5, 0.6) is 0 Å². The van der Waals surface area contributed by atoms with E-state index in [4.69, 9.17) is 0 Å². The van der Waals surface area contributed by atoms with Crippen molar-refractivity contribution in [2.45, 2.75) is 26.2 Å². The van der Waals surface area contributed by atoms with Gasteiger partial charge in [-0.2, -0.15) is 0 Å². The van der Waals surface area contributed by atoms with Gasteiger partial charge in [0.25, 0.3) is 6.71 Å². The average Bonchev–Trinajstić information content (AvgIpc) is 1.06. The van der Waals surface area contributed by atoms with Crippen molar-refractivity contribution in [2.24, 2.45) is 0 Å². The monoisotopic (exact) mass is 1460 g/mol. The summed E-state index contributed by atoms with van der Waals surface area (Å²) < 4.78 is 10.1. The van der Waals surface area contributed by atoms with Crippen molar-refractivity contribution in [3.8, 4) is 72.7 Å². The maximum Gasteiger partial charge on any atom is 0.252 e. The van der Waals surface area contributed by atoms with Crippen molar-refractivity contribution in [1.29, 1.82) is 0 Å². The van der Waals surface area contributed by atoms with Crippen LogP contribution >= 0.6 is 11.3 Å². The van der Waals surface area contributed by atoms with Gasteiger partial charge >= 0.3 is 0 Å². The van der Waals surface area contributed by atoms with Gasteiger partial charge in [-0.1, -0.05) is 294 Å². The summed E-state index contributed by atoms with van der Waals surface area (Å²) in [5.41, 5.74) is 32.8. The Labute approximate surface area is 659 Å². The molecule has 0 amide bonds. The summed E-state index contributed by atoms with van der Waals surface area (Å²) in [6.07, 6.45) is 0. The van der Waals surface area contributed by atoms with Gasteiger partial charge in [0.15, 0.2) is 0 Å². The predicted octanol–water partition coefficient (Wildman–Crippen LogP) is 27.1. The van der Waals surface area contributed by atoms with E-state index in [1.807, 2.05) is 11.3 Å². The number of anilines is 6. The molecule has 0 saturated carbocycles. The zero-order chi connectivity index (χ0) is 74.7. The third-order valence-corrected chi connectivity index (χ3v) is 25.4. The van der Waals surface area contributed by atoms with Crippen molar-refractivity contribution >= 4 is 154 Å². The minimum Gasteiger partial charge on any atom is -0.311 e. The highest BCUT2D eigenvalue weighted by atomic mass is 32.1. The molecule has 5 nitrogen and oxygen atoms in total. The molecule has 113 heavy (non-hydrogen) atoms. The lowest BCUT2D eigenvalue weighted by Gasteiger charge is -2.45. The summed E-state index contributed by atoms with van der Waals surface area (Å²) in [4.78, 5) is 5.38.